The van der Waals surface area contributed by atoms with E-state index in [9.17, 15) is 10.1 Å². The quantitative estimate of drug-likeness (QED) is 0.761. The molecular formula is C20H17N3O3. The highest BCUT2D eigenvalue weighted by Crippen LogP contribution is 2.27. The van der Waals surface area contributed by atoms with Crippen molar-refractivity contribution < 1.29 is 13.9 Å². The molecule has 0 saturated carbocycles. The molecule has 26 heavy (non-hydrogen) atoms. The molecule has 0 fully saturated rings. The van der Waals surface area contributed by atoms with Gasteiger partial charge in [-0.05, 0) is 6.07 Å². The van der Waals surface area contributed by atoms with Crippen molar-refractivity contribution in [2.24, 2.45) is 0 Å². The van der Waals surface area contributed by atoms with Crippen molar-refractivity contribution in [3.05, 3.63) is 71.7 Å². The highest BCUT2D eigenvalue weighted by atomic mass is 16.5. The molecule has 1 amide bonds. The van der Waals surface area contributed by atoms with Crippen LogP contribution in [0.2, 0.25) is 0 Å². The Bertz CT molecular complexity index is 958. The van der Waals surface area contributed by atoms with Gasteiger partial charge < -0.3 is 14.5 Å². The van der Waals surface area contributed by atoms with Gasteiger partial charge in [-0.15, -0.1) is 0 Å². The molecule has 0 bridgehead atoms. The summed E-state index contributed by atoms with van der Waals surface area (Å²) < 4.78 is 10.9. The molecule has 1 atom stereocenters. The van der Waals surface area contributed by atoms with Crippen molar-refractivity contribution in [1.29, 1.82) is 5.26 Å². The van der Waals surface area contributed by atoms with Gasteiger partial charge in [0.1, 0.15) is 11.8 Å². The van der Waals surface area contributed by atoms with Gasteiger partial charge in [-0.2, -0.15) is 5.26 Å². The fourth-order valence-electron chi connectivity index (χ4n) is 2.65. The molecule has 3 rings (SSSR count). The van der Waals surface area contributed by atoms with Crippen LogP contribution in [0.15, 0.2) is 59.0 Å². The van der Waals surface area contributed by atoms with Crippen molar-refractivity contribution in [3.63, 3.8) is 0 Å². The third-order valence-electron chi connectivity index (χ3n) is 3.84. The second-order valence-electron chi connectivity index (χ2n) is 5.55. The predicted molar refractivity (Wildman–Crippen MR) is 95.5 cm³/mol. The van der Waals surface area contributed by atoms with Crippen molar-refractivity contribution in [3.8, 4) is 23.1 Å². The largest absolute Gasteiger partial charge is 0.496 e. The van der Waals surface area contributed by atoms with E-state index in [1.54, 1.807) is 31.2 Å². The number of nitrogens with one attached hydrogen (secondary N) is 1. The smallest absolute Gasteiger partial charge is 0.275 e. The minimum atomic E-state index is -0.876. The number of carbonyl (C=O) groups excluding carboxylic acids is 1. The fourth-order valence-corrected chi connectivity index (χ4v) is 2.65. The Morgan fingerprint density at radius 1 is 1.19 bits per heavy atom. The normalized spacial score (nSPS) is 11.4. The zero-order valence-electron chi connectivity index (χ0n) is 14.4. The molecule has 3 aromatic rings. The van der Waals surface area contributed by atoms with Crippen LogP contribution in [0.1, 0.15) is 28.0 Å². The number of rotatable bonds is 5. The molecule has 1 aromatic heterocycles. The number of methoxy groups -OCH3 is 1. The summed E-state index contributed by atoms with van der Waals surface area (Å²) in [6, 6.07) is 17.5. The second-order valence-corrected chi connectivity index (χ2v) is 5.55. The summed E-state index contributed by atoms with van der Waals surface area (Å²) >= 11 is 0. The van der Waals surface area contributed by atoms with E-state index in [-0.39, 0.29) is 5.69 Å². The van der Waals surface area contributed by atoms with Crippen LogP contribution in [-0.2, 0) is 0 Å². The summed E-state index contributed by atoms with van der Waals surface area (Å²) in [5, 5.41) is 12.2. The Morgan fingerprint density at radius 3 is 2.58 bits per heavy atom. The van der Waals surface area contributed by atoms with Gasteiger partial charge in [-0.1, -0.05) is 48.5 Å². The minimum Gasteiger partial charge on any atom is -0.496 e. The first-order valence-corrected chi connectivity index (χ1v) is 8.00. The number of amides is 1. The SMILES string of the molecule is COc1ccccc1[C@@H](C#N)NC(=O)c1nc(C)oc1-c1ccccc1. The van der Waals surface area contributed by atoms with Crippen LogP contribution >= 0.6 is 0 Å². The maximum atomic E-state index is 12.8. The van der Waals surface area contributed by atoms with Crippen LogP contribution < -0.4 is 10.1 Å². The third-order valence-corrected chi connectivity index (χ3v) is 3.84. The topological polar surface area (TPSA) is 88.1 Å². The summed E-state index contributed by atoms with van der Waals surface area (Å²) in [7, 11) is 1.52. The second kappa shape index (κ2) is 7.53. The predicted octanol–water partition coefficient (Wildman–Crippen LogP) is 3.65. The fraction of sp³-hybridized carbons (Fsp3) is 0.150. The minimum absolute atomic E-state index is 0.142. The summed E-state index contributed by atoms with van der Waals surface area (Å²) in [5.74, 6) is 0.786. The number of nitriles is 1. The van der Waals surface area contributed by atoms with Gasteiger partial charge in [0.05, 0.1) is 13.2 Å². The van der Waals surface area contributed by atoms with Crippen molar-refractivity contribution in [2.75, 3.05) is 7.11 Å². The zero-order valence-corrected chi connectivity index (χ0v) is 14.4. The average Bonchev–Trinajstić information content (AvgIpc) is 3.08. The molecule has 0 aliphatic carbocycles. The monoisotopic (exact) mass is 347 g/mol. The van der Waals surface area contributed by atoms with Crippen LogP contribution in [0.5, 0.6) is 5.75 Å². The Labute approximate surface area is 151 Å². The Morgan fingerprint density at radius 2 is 1.88 bits per heavy atom. The number of ether oxygens (including phenoxy) is 1. The third kappa shape index (κ3) is 3.42. The molecule has 1 heterocycles. The van der Waals surface area contributed by atoms with Gasteiger partial charge >= 0.3 is 0 Å². The van der Waals surface area contributed by atoms with Gasteiger partial charge in [0, 0.05) is 18.1 Å². The first kappa shape index (κ1) is 17.2. The lowest BCUT2D eigenvalue weighted by Crippen LogP contribution is -2.28. The van der Waals surface area contributed by atoms with E-state index in [0.29, 0.717) is 23.0 Å². The number of hydrogen-bond acceptors (Lipinski definition) is 5. The van der Waals surface area contributed by atoms with E-state index in [4.69, 9.17) is 9.15 Å². The zero-order chi connectivity index (χ0) is 18.5. The Hall–Kier alpha value is -3.59. The number of hydrogen-bond donors (Lipinski definition) is 1. The number of para-hydroxylation sites is 1. The summed E-state index contributed by atoms with van der Waals surface area (Å²) in [4.78, 5) is 17.0. The molecular weight excluding hydrogens is 330 g/mol. The van der Waals surface area contributed by atoms with Gasteiger partial charge in [0.25, 0.3) is 5.91 Å². The summed E-state index contributed by atoms with van der Waals surface area (Å²) in [6.07, 6.45) is 0. The van der Waals surface area contributed by atoms with Crippen molar-refractivity contribution in [1.82, 2.24) is 10.3 Å². The molecule has 0 aliphatic heterocycles. The van der Waals surface area contributed by atoms with Gasteiger partial charge in [-0.25, -0.2) is 4.98 Å². The molecule has 0 radical (unpaired) electrons. The molecule has 6 nitrogen and oxygen atoms in total. The average molecular weight is 347 g/mol. The number of aryl methyl sites for hydroxylation is 1. The van der Waals surface area contributed by atoms with Crippen LogP contribution in [0.25, 0.3) is 11.3 Å². The molecule has 2 aromatic carbocycles. The molecule has 0 spiro atoms. The molecule has 1 N–H and O–H groups in total. The van der Waals surface area contributed by atoms with Crippen molar-refractivity contribution >= 4 is 5.91 Å². The van der Waals surface area contributed by atoms with Gasteiger partial charge in [-0.3, -0.25) is 4.79 Å². The van der Waals surface area contributed by atoms with Crippen LogP contribution in [0.3, 0.4) is 0 Å². The highest BCUT2D eigenvalue weighted by Gasteiger charge is 2.24. The van der Waals surface area contributed by atoms with E-state index in [0.717, 1.165) is 5.56 Å². The maximum absolute atomic E-state index is 12.8. The van der Waals surface area contributed by atoms with E-state index >= 15 is 0 Å². The lowest BCUT2D eigenvalue weighted by atomic mass is 10.1. The lowest BCUT2D eigenvalue weighted by Gasteiger charge is -2.14. The maximum Gasteiger partial charge on any atom is 0.275 e. The van der Waals surface area contributed by atoms with E-state index in [1.165, 1.54) is 7.11 Å². The number of aromatic nitrogens is 1. The summed E-state index contributed by atoms with van der Waals surface area (Å²) in [5.41, 5.74) is 1.46. The Balaban J connectivity index is 1.92. The van der Waals surface area contributed by atoms with Crippen LogP contribution in [0.4, 0.5) is 0 Å². The molecule has 130 valence electrons. The number of oxazole rings is 1. The molecule has 0 saturated heterocycles. The first-order valence-electron chi connectivity index (χ1n) is 8.00. The van der Waals surface area contributed by atoms with E-state index < -0.39 is 11.9 Å². The molecule has 0 unspecified atom stereocenters. The van der Waals surface area contributed by atoms with Gasteiger partial charge in [0.15, 0.2) is 17.3 Å². The van der Waals surface area contributed by atoms with E-state index in [2.05, 4.69) is 16.4 Å². The van der Waals surface area contributed by atoms with Crippen LogP contribution in [-0.4, -0.2) is 18.0 Å². The number of carbonyl (C=O) groups is 1. The Kier molecular flexibility index (Phi) is 4.99. The highest BCUT2D eigenvalue weighted by molar-refractivity contribution is 5.98. The molecule has 0 aliphatic rings. The lowest BCUT2D eigenvalue weighted by molar-refractivity contribution is 0.0940. The van der Waals surface area contributed by atoms with Crippen LogP contribution in [0, 0.1) is 18.3 Å². The molecule has 6 heteroatoms. The summed E-state index contributed by atoms with van der Waals surface area (Å²) in [6.45, 7) is 1.67. The number of benzene rings is 2. The standard InChI is InChI=1S/C20H17N3O3/c1-13-22-18(19(26-13)14-8-4-3-5-9-14)20(24)23-16(12-21)15-10-6-7-11-17(15)25-2/h3-11,16H,1-2H3,(H,23,24)/t16-/m1/s1. The number of nitrogens with zero attached hydrogens (tertiary/aromatic N) is 2. The van der Waals surface area contributed by atoms with E-state index in [1.807, 2.05) is 30.3 Å². The van der Waals surface area contributed by atoms with Crippen molar-refractivity contribution in [2.45, 2.75) is 13.0 Å². The first-order chi connectivity index (χ1) is 12.6. The van der Waals surface area contributed by atoms with Gasteiger partial charge in [0.2, 0.25) is 0 Å².